The number of rotatable bonds is 7. The van der Waals surface area contributed by atoms with Gasteiger partial charge < -0.3 is 20.9 Å². The summed E-state index contributed by atoms with van der Waals surface area (Å²) in [6.07, 6.45) is -0.549. The number of alkyl halides is 3. The summed E-state index contributed by atoms with van der Waals surface area (Å²) in [6.45, 7) is 0.646. The number of ether oxygens (including phenoxy) is 1. The van der Waals surface area contributed by atoms with Crippen LogP contribution in [0, 0.1) is 0 Å². The van der Waals surface area contributed by atoms with Crippen molar-refractivity contribution in [2.45, 2.75) is 56.0 Å². The maximum Gasteiger partial charge on any atom is 0.417 e. The molecule has 2 aliphatic rings. The lowest BCUT2D eigenvalue weighted by Gasteiger charge is -2.28. The van der Waals surface area contributed by atoms with Crippen LogP contribution >= 0.6 is 8.73 Å². The van der Waals surface area contributed by atoms with Crippen molar-refractivity contribution < 1.29 is 27.5 Å². The Labute approximate surface area is 195 Å². The van der Waals surface area contributed by atoms with Gasteiger partial charge in [-0.15, -0.1) is 0 Å². The van der Waals surface area contributed by atoms with Gasteiger partial charge in [0, 0.05) is 30.8 Å². The molecule has 2 unspecified atom stereocenters. The van der Waals surface area contributed by atoms with Gasteiger partial charge in [0.15, 0.2) is 0 Å². The summed E-state index contributed by atoms with van der Waals surface area (Å²) in [4.78, 5) is 36.2. The molecule has 1 aliphatic heterocycles. The summed E-state index contributed by atoms with van der Waals surface area (Å²) in [5, 5.41) is 5.93. The number of hydrogen-bond donors (Lipinski definition) is 3. The van der Waals surface area contributed by atoms with Gasteiger partial charge in [-0.2, -0.15) is 13.2 Å². The number of nitrogens with two attached hydrogens (primary N) is 1. The van der Waals surface area contributed by atoms with E-state index in [1.54, 1.807) is 0 Å². The Hall–Kier alpha value is -3.01. The largest absolute Gasteiger partial charge is 0.474 e. The molecule has 4 N–H and O–H groups in total. The monoisotopic (exact) mass is 496 g/mol. The number of halogens is 3. The van der Waals surface area contributed by atoms with Crippen LogP contribution in [0.3, 0.4) is 0 Å². The fourth-order valence-corrected chi connectivity index (χ4v) is 4.93. The summed E-state index contributed by atoms with van der Waals surface area (Å²) in [6, 6.07) is 3.65. The third-order valence-corrected chi connectivity index (χ3v) is 7.11. The van der Waals surface area contributed by atoms with Crippen LogP contribution < -0.4 is 20.9 Å². The number of aromatic nitrogens is 3. The SMILES string of the molecule is NC(=O)c1cc(NPC2CCNC2=O)nc(C2CCC(Oc3ccc(C(F)(F)F)cn3)CC2)n1. The van der Waals surface area contributed by atoms with Crippen LogP contribution in [0.2, 0.25) is 0 Å². The highest BCUT2D eigenvalue weighted by atomic mass is 31.1. The molecular formula is C21H24F3N6O3P. The summed E-state index contributed by atoms with van der Waals surface area (Å²) in [5.74, 6) is 0.384. The van der Waals surface area contributed by atoms with Crippen LogP contribution in [-0.4, -0.2) is 45.1 Å². The molecular weight excluding hydrogens is 472 g/mol. The van der Waals surface area contributed by atoms with Crippen molar-refractivity contribution in [3.05, 3.63) is 41.5 Å². The Bertz CT molecular complexity index is 1050. The van der Waals surface area contributed by atoms with Gasteiger partial charge in [-0.1, -0.05) is 0 Å². The van der Waals surface area contributed by atoms with Crippen molar-refractivity contribution in [3.8, 4) is 5.88 Å². The Kier molecular flexibility index (Phi) is 7.16. The average Bonchev–Trinajstić information content (AvgIpc) is 3.22. The molecule has 0 bridgehead atoms. The van der Waals surface area contributed by atoms with E-state index in [1.165, 1.54) is 12.1 Å². The lowest BCUT2D eigenvalue weighted by Crippen LogP contribution is -2.25. The highest BCUT2D eigenvalue weighted by Gasteiger charge is 2.31. The van der Waals surface area contributed by atoms with Crippen LogP contribution in [0.25, 0.3) is 0 Å². The van der Waals surface area contributed by atoms with E-state index in [9.17, 15) is 22.8 Å². The van der Waals surface area contributed by atoms with Crippen LogP contribution in [0.5, 0.6) is 5.88 Å². The first-order valence-corrected chi connectivity index (χ1v) is 11.9. The molecule has 3 heterocycles. The first-order valence-electron chi connectivity index (χ1n) is 10.9. The number of amides is 2. The fraction of sp³-hybridized carbons (Fsp3) is 0.476. The predicted octanol–water partition coefficient (Wildman–Crippen LogP) is 2.99. The van der Waals surface area contributed by atoms with Gasteiger partial charge >= 0.3 is 6.18 Å². The van der Waals surface area contributed by atoms with E-state index in [4.69, 9.17) is 10.5 Å². The molecule has 1 saturated carbocycles. The minimum Gasteiger partial charge on any atom is -0.474 e. The summed E-state index contributed by atoms with van der Waals surface area (Å²) >= 11 is 0. The minimum atomic E-state index is -4.44. The molecule has 2 aromatic rings. The quantitative estimate of drug-likeness (QED) is 0.502. The Morgan fingerprint density at radius 1 is 1.18 bits per heavy atom. The zero-order valence-corrected chi connectivity index (χ0v) is 19.1. The number of nitrogens with one attached hydrogen (secondary N) is 2. The lowest BCUT2D eigenvalue weighted by atomic mass is 9.86. The smallest absolute Gasteiger partial charge is 0.417 e. The summed E-state index contributed by atoms with van der Waals surface area (Å²) in [5.41, 5.74) is 4.59. The van der Waals surface area contributed by atoms with Gasteiger partial charge in [0.1, 0.15) is 23.4 Å². The highest BCUT2D eigenvalue weighted by molar-refractivity contribution is 7.42. The van der Waals surface area contributed by atoms with E-state index in [1.807, 2.05) is 0 Å². The van der Waals surface area contributed by atoms with Gasteiger partial charge in [0.25, 0.3) is 5.91 Å². The Morgan fingerprint density at radius 3 is 2.53 bits per heavy atom. The second kappa shape index (κ2) is 10.1. The number of hydrogen-bond acceptors (Lipinski definition) is 7. The molecule has 1 saturated heterocycles. The number of primary amides is 1. The van der Waals surface area contributed by atoms with Crippen molar-refractivity contribution in [2.75, 3.05) is 11.6 Å². The van der Waals surface area contributed by atoms with Gasteiger partial charge in [-0.3, -0.25) is 9.59 Å². The first kappa shape index (κ1) is 24.1. The fourth-order valence-electron chi connectivity index (χ4n) is 3.96. The molecule has 0 aromatic carbocycles. The van der Waals surface area contributed by atoms with Crippen LogP contribution in [-0.2, 0) is 11.0 Å². The third-order valence-electron chi connectivity index (χ3n) is 5.81. The van der Waals surface area contributed by atoms with Gasteiger partial charge in [-0.25, -0.2) is 15.0 Å². The molecule has 2 fully saturated rings. The number of carbonyl (C=O) groups excluding carboxylic acids is 2. The van der Waals surface area contributed by atoms with Gasteiger partial charge in [-0.05, 0) is 46.9 Å². The Morgan fingerprint density at radius 2 is 1.94 bits per heavy atom. The molecule has 4 rings (SSSR count). The van der Waals surface area contributed by atoms with Crippen molar-refractivity contribution >= 4 is 26.4 Å². The number of anilines is 1. The number of carbonyl (C=O) groups is 2. The van der Waals surface area contributed by atoms with Crippen LogP contribution in [0.4, 0.5) is 19.0 Å². The lowest BCUT2D eigenvalue weighted by molar-refractivity contribution is -0.137. The molecule has 2 aromatic heterocycles. The van der Waals surface area contributed by atoms with E-state index < -0.39 is 17.6 Å². The van der Waals surface area contributed by atoms with Crippen LogP contribution in [0.15, 0.2) is 24.4 Å². The molecule has 0 spiro atoms. The molecule has 2 amide bonds. The minimum absolute atomic E-state index is 0.00361. The third kappa shape index (κ3) is 5.91. The molecule has 34 heavy (non-hydrogen) atoms. The second-order valence-electron chi connectivity index (χ2n) is 8.24. The number of pyridine rings is 1. The van der Waals surface area contributed by atoms with E-state index in [0.29, 0.717) is 43.9 Å². The zero-order chi connectivity index (χ0) is 24.3. The second-order valence-corrected chi connectivity index (χ2v) is 9.47. The van der Waals surface area contributed by atoms with Crippen molar-refractivity contribution in [2.24, 2.45) is 5.73 Å². The molecule has 0 radical (unpaired) electrons. The van der Waals surface area contributed by atoms with Gasteiger partial charge in [0.05, 0.1) is 11.2 Å². The average molecular weight is 496 g/mol. The van der Waals surface area contributed by atoms with E-state index in [0.717, 1.165) is 18.7 Å². The first-order chi connectivity index (χ1) is 16.2. The standard InChI is InChI=1S/C21H24F3N6O3P/c22-21(23,24)12-3-6-17(27-10-12)33-13-4-1-11(2-5-13)19-28-14(18(25)31)9-16(29-19)30-34-15-7-8-26-20(15)32/h3,6,9-11,13,15,34H,1-2,4-5,7-8H2,(H2,25,31)(H,26,32)(H,28,29,30). The normalized spacial score (nSPS) is 23.1. The molecule has 182 valence electrons. The summed E-state index contributed by atoms with van der Waals surface area (Å²) in [7, 11) is 0.112. The highest BCUT2D eigenvalue weighted by Crippen LogP contribution is 2.35. The van der Waals surface area contributed by atoms with Crippen LogP contribution in [0.1, 0.15) is 59.9 Å². The maximum atomic E-state index is 12.7. The van der Waals surface area contributed by atoms with Gasteiger partial charge in [0.2, 0.25) is 11.8 Å². The molecule has 9 nitrogen and oxygen atoms in total. The van der Waals surface area contributed by atoms with E-state index >= 15 is 0 Å². The maximum absolute atomic E-state index is 12.7. The van der Waals surface area contributed by atoms with E-state index in [-0.39, 0.29) is 43.9 Å². The van der Waals surface area contributed by atoms with Crippen molar-refractivity contribution in [1.82, 2.24) is 20.3 Å². The molecule has 2 atom stereocenters. The number of nitrogens with zero attached hydrogens (tertiary/aromatic N) is 3. The topological polar surface area (TPSA) is 132 Å². The van der Waals surface area contributed by atoms with Crippen molar-refractivity contribution in [1.29, 1.82) is 0 Å². The zero-order valence-electron chi connectivity index (χ0n) is 18.1. The Balaban J connectivity index is 1.37. The van der Waals surface area contributed by atoms with E-state index in [2.05, 4.69) is 25.4 Å². The predicted molar refractivity (Wildman–Crippen MR) is 119 cm³/mol. The molecule has 13 heteroatoms. The van der Waals surface area contributed by atoms with Crippen molar-refractivity contribution in [3.63, 3.8) is 0 Å². The summed E-state index contributed by atoms with van der Waals surface area (Å²) < 4.78 is 43.8. The molecule has 1 aliphatic carbocycles.